The molecule has 0 aromatic heterocycles. The van der Waals surface area contributed by atoms with Crippen molar-refractivity contribution in [3.05, 3.63) is 23.3 Å². The summed E-state index contributed by atoms with van der Waals surface area (Å²) >= 11 is 0. The quantitative estimate of drug-likeness (QED) is 0.863. The average Bonchev–Trinajstić information content (AvgIpc) is 3.09. The minimum absolute atomic E-state index is 0.198. The van der Waals surface area contributed by atoms with E-state index in [9.17, 15) is 0 Å². The highest BCUT2D eigenvalue weighted by atomic mass is 16.6. The Hall–Kier alpha value is -1.26. The van der Waals surface area contributed by atoms with Crippen LogP contribution in [0.1, 0.15) is 24.0 Å². The van der Waals surface area contributed by atoms with Gasteiger partial charge < -0.3 is 19.9 Å². The third-order valence-electron chi connectivity index (χ3n) is 3.39. The lowest BCUT2D eigenvalue weighted by molar-refractivity contribution is 0.151. The van der Waals surface area contributed by atoms with Crippen LogP contribution in [0.3, 0.4) is 0 Å². The SMILES string of the molecule is COCc1ccc(C2(N)CC2)c2c1OCCO2. The van der Waals surface area contributed by atoms with Gasteiger partial charge in [0.2, 0.25) is 0 Å². The molecule has 0 bridgehead atoms. The second kappa shape index (κ2) is 3.89. The van der Waals surface area contributed by atoms with Crippen LogP contribution >= 0.6 is 0 Å². The molecule has 0 amide bonds. The van der Waals surface area contributed by atoms with Gasteiger partial charge in [0, 0.05) is 23.8 Å². The lowest BCUT2D eigenvalue weighted by atomic mass is 10.0. The second-order valence-electron chi connectivity index (χ2n) is 4.72. The molecule has 1 aromatic carbocycles. The van der Waals surface area contributed by atoms with Gasteiger partial charge in [-0.15, -0.1) is 0 Å². The van der Waals surface area contributed by atoms with Crippen LogP contribution in [0.2, 0.25) is 0 Å². The molecule has 0 spiro atoms. The number of fused-ring (bicyclic) bond motifs is 1. The van der Waals surface area contributed by atoms with Gasteiger partial charge >= 0.3 is 0 Å². The monoisotopic (exact) mass is 235 g/mol. The zero-order valence-corrected chi connectivity index (χ0v) is 9.99. The molecule has 1 fully saturated rings. The van der Waals surface area contributed by atoms with Crippen molar-refractivity contribution in [2.24, 2.45) is 5.73 Å². The van der Waals surface area contributed by atoms with E-state index in [4.69, 9.17) is 19.9 Å². The van der Waals surface area contributed by atoms with Crippen molar-refractivity contribution in [1.29, 1.82) is 0 Å². The van der Waals surface area contributed by atoms with Crippen molar-refractivity contribution in [3.63, 3.8) is 0 Å². The van der Waals surface area contributed by atoms with Gasteiger partial charge in [0.1, 0.15) is 13.2 Å². The van der Waals surface area contributed by atoms with Crippen LogP contribution in [-0.2, 0) is 16.9 Å². The van der Waals surface area contributed by atoms with Gasteiger partial charge in [-0.25, -0.2) is 0 Å². The van der Waals surface area contributed by atoms with Crippen LogP contribution in [0.15, 0.2) is 12.1 Å². The molecular weight excluding hydrogens is 218 g/mol. The van der Waals surface area contributed by atoms with Crippen molar-refractivity contribution in [2.45, 2.75) is 25.0 Å². The molecule has 4 heteroatoms. The van der Waals surface area contributed by atoms with E-state index in [-0.39, 0.29) is 5.54 Å². The summed E-state index contributed by atoms with van der Waals surface area (Å²) in [7, 11) is 1.68. The predicted octanol–water partition coefficient (Wildman–Crippen LogP) is 1.55. The normalized spacial score (nSPS) is 20.1. The molecule has 1 saturated carbocycles. The summed E-state index contributed by atoms with van der Waals surface area (Å²) in [4.78, 5) is 0. The summed E-state index contributed by atoms with van der Waals surface area (Å²) in [6.45, 7) is 1.71. The van der Waals surface area contributed by atoms with Gasteiger partial charge in [-0.2, -0.15) is 0 Å². The first-order valence-electron chi connectivity index (χ1n) is 5.94. The predicted molar refractivity (Wildman–Crippen MR) is 63.2 cm³/mol. The average molecular weight is 235 g/mol. The first kappa shape index (κ1) is 10.9. The zero-order valence-electron chi connectivity index (χ0n) is 9.99. The Balaban J connectivity index is 2.07. The Labute approximate surface area is 101 Å². The fourth-order valence-corrected chi connectivity index (χ4v) is 2.26. The smallest absolute Gasteiger partial charge is 0.167 e. The molecular formula is C13H17NO3. The Morgan fingerprint density at radius 3 is 2.59 bits per heavy atom. The van der Waals surface area contributed by atoms with Gasteiger partial charge in [0.05, 0.1) is 6.61 Å². The summed E-state index contributed by atoms with van der Waals surface area (Å²) in [6, 6.07) is 4.08. The van der Waals surface area contributed by atoms with Crippen LogP contribution in [-0.4, -0.2) is 20.3 Å². The maximum Gasteiger partial charge on any atom is 0.167 e. The van der Waals surface area contributed by atoms with E-state index in [1.165, 1.54) is 0 Å². The van der Waals surface area contributed by atoms with E-state index in [1.54, 1.807) is 7.11 Å². The molecule has 4 nitrogen and oxygen atoms in total. The standard InChI is InChI=1S/C13H17NO3/c1-15-8-9-2-3-10(13(14)4-5-13)12-11(9)16-6-7-17-12/h2-3H,4-8,14H2,1H3. The summed E-state index contributed by atoms with van der Waals surface area (Å²) in [5.41, 5.74) is 8.15. The molecule has 1 aromatic rings. The number of hydrogen-bond donors (Lipinski definition) is 1. The highest BCUT2D eigenvalue weighted by Crippen LogP contribution is 2.50. The van der Waals surface area contributed by atoms with Gasteiger partial charge in [0.25, 0.3) is 0 Å². The number of nitrogens with two attached hydrogens (primary N) is 1. The van der Waals surface area contributed by atoms with E-state index >= 15 is 0 Å². The first-order chi connectivity index (χ1) is 8.24. The molecule has 0 saturated heterocycles. The van der Waals surface area contributed by atoms with Crippen molar-refractivity contribution >= 4 is 0 Å². The number of ether oxygens (including phenoxy) is 3. The molecule has 0 atom stereocenters. The van der Waals surface area contributed by atoms with Crippen molar-refractivity contribution in [3.8, 4) is 11.5 Å². The van der Waals surface area contributed by atoms with E-state index in [2.05, 4.69) is 6.07 Å². The van der Waals surface area contributed by atoms with Gasteiger partial charge in [0.15, 0.2) is 11.5 Å². The fraction of sp³-hybridized carbons (Fsp3) is 0.538. The van der Waals surface area contributed by atoms with Crippen molar-refractivity contribution in [1.82, 2.24) is 0 Å². The minimum Gasteiger partial charge on any atom is -0.486 e. The molecule has 3 rings (SSSR count). The van der Waals surface area contributed by atoms with E-state index in [0.717, 1.165) is 35.5 Å². The first-order valence-corrected chi connectivity index (χ1v) is 5.94. The molecule has 1 aliphatic heterocycles. The number of benzene rings is 1. The van der Waals surface area contributed by atoms with Crippen molar-refractivity contribution < 1.29 is 14.2 Å². The highest BCUT2D eigenvalue weighted by molar-refractivity contribution is 5.56. The number of rotatable bonds is 3. The Morgan fingerprint density at radius 2 is 1.94 bits per heavy atom. The fourth-order valence-electron chi connectivity index (χ4n) is 2.26. The summed E-state index contributed by atoms with van der Waals surface area (Å²) in [5.74, 6) is 1.64. The molecule has 17 heavy (non-hydrogen) atoms. The minimum atomic E-state index is -0.198. The maximum absolute atomic E-state index is 6.25. The molecule has 1 heterocycles. The zero-order chi connectivity index (χ0) is 11.9. The van der Waals surface area contributed by atoms with Crippen LogP contribution in [0.4, 0.5) is 0 Å². The third-order valence-corrected chi connectivity index (χ3v) is 3.39. The Bertz CT molecular complexity index is 441. The van der Waals surface area contributed by atoms with Gasteiger partial charge in [-0.05, 0) is 12.8 Å². The number of methoxy groups -OCH3 is 1. The van der Waals surface area contributed by atoms with E-state index < -0.39 is 0 Å². The summed E-state index contributed by atoms with van der Waals surface area (Å²) in [5, 5.41) is 0. The maximum atomic E-state index is 6.25. The molecule has 0 radical (unpaired) electrons. The molecule has 2 N–H and O–H groups in total. The van der Waals surface area contributed by atoms with Crippen LogP contribution in [0, 0.1) is 0 Å². The summed E-state index contributed by atoms with van der Waals surface area (Å²) in [6.07, 6.45) is 2.04. The van der Waals surface area contributed by atoms with E-state index in [1.807, 2.05) is 6.07 Å². The highest BCUT2D eigenvalue weighted by Gasteiger charge is 2.43. The van der Waals surface area contributed by atoms with Gasteiger partial charge in [-0.1, -0.05) is 12.1 Å². The summed E-state index contributed by atoms with van der Waals surface area (Å²) < 4.78 is 16.6. The van der Waals surface area contributed by atoms with Crippen LogP contribution in [0.25, 0.3) is 0 Å². The Morgan fingerprint density at radius 1 is 1.24 bits per heavy atom. The largest absolute Gasteiger partial charge is 0.486 e. The molecule has 1 aliphatic carbocycles. The topological polar surface area (TPSA) is 53.7 Å². The van der Waals surface area contributed by atoms with E-state index in [0.29, 0.717) is 19.8 Å². The van der Waals surface area contributed by atoms with Crippen LogP contribution in [0.5, 0.6) is 11.5 Å². The van der Waals surface area contributed by atoms with Crippen LogP contribution < -0.4 is 15.2 Å². The Kier molecular flexibility index (Phi) is 2.49. The van der Waals surface area contributed by atoms with Crippen molar-refractivity contribution in [2.75, 3.05) is 20.3 Å². The molecule has 92 valence electrons. The third kappa shape index (κ3) is 1.77. The second-order valence-corrected chi connectivity index (χ2v) is 4.72. The molecule has 2 aliphatic rings. The lowest BCUT2D eigenvalue weighted by Crippen LogP contribution is -2.24. The molecule has 0 unspecified atom stereocenters. The van der Waals surface area contributed by atoms with Gasteiger partial charge in [-0.3, -0.25) is 0 Å². The lowest BCUT2D eigenvalue weighted by Gasteiger charge is -2.25. The number of hydrogen-bond acceptors (Lipinski definition) is 4.